The van der Waals surface area contributed by atoms with Gasteiger partial charge < -0.3 is 23.7 Å². The van der Waals surface area contributed by atoms with Gasteiger partial charge in [-0.05, 0) is 179 Å². The van der Waals surface area contributed by atoms with Crippen molar-refractivity contribution in [2.24, 2.45) is 0 Å². The number of halogens is 5. The minimum atomic E-state index is -4.34. The molecule has 10 aromatic rings. The van der Waals surface area contributed by atoms with E-state index in [1.54, 1.807) is 18.2 Å². The molecule has 0 unspecified atom stereocenters. The SMILES string of the molecule is CC.CC.CC.CC.CC.CC.CC.CC.CC.CC.CC(C)c1cc(C(F)(F)F)ccc1Oc1ccccc1.CC(C)c1cc(F)ccc1Oc1ccccc1.CC(C)c1ccc(Cl)cc1Oc1ccccc1.CC(C)c1cccc(Oc2ccccc2)c1.CC(C)c1ccccc1Oc1ccccc1. The molecule has 0 aliphatic heterocycles. The molecule has 0 bridgehead atoms. The van der Waals surface area contributed by atoms with E-state index in [1.807, 2.05) is 354 Å². The van der Waals surface area contributed by atoms with Crippen LogP contribution in [0.5, 0.6) is 57.5 Å². The second-order valence-electron chi connectivity index (χ2n) is 21.6. The van der Waals surface area contributed by atoms with Crippen LogP contribution >= 0.6 is 11.6 Å². The zero-order valence-corrected chi connectivity index (χ0v) is 71.3. The van der Waals surface area contributed by atoms with Crippen LogP contribution < -0.4 is 23.7 Å². The summed E-state index contributed by atoms with van der Waals surface area (Å²) in [5.74, 6) is 9.16. The monoisotopic (exact) mass is 1480 g/mol. The van der Waals surface area contributed by atoms with Crippen molar-refractivity contribution in [3.8, 4) is 57.5 Å². The summed E-state index contributed by atoms with van der Waals surface area (Å²) in [5.41, 5.74) is 4.48. The summed E-state index contributed by atoms with van der Waals surface area (Å²) in [4.78, 5) is 0. The Morgan fingerprint density at radius 2 is 0.538 bits per heavy atom. The average Bonchev–Trinajstić information content (AvgIpc) is 0.788. The highest BCUT2D eigenvalue weighted by Gasteiger charge is 2.31. The van der Waals surface area contributed by atoms with Crippen molar-refractivity contribution in [3.63, 3.8) is 0 Å². The van der Waals surface area contributed by atoms with Gasteiger partial charge in [0.15, 0.2) is 0 Å². The summed E-state index contributed by atoms with van der Waals surface area (Å²) >= 11 is 6.01. The highest BCUT2D eigenvalue weighted by atomic mass is 35.5. The maximum atomic E-state index is 13.2. The zero-order chi connectivity index (χ0) is 82.0. The smallest absolute Gasteiger partial charge is 0.416 e. The lowest BCUT2D eigenvalue weighted by molar-refractivity contribution is -0.137. The van der Waals surface area contributed by atoms with E-state index in [4.69, 9.17) is 35.3 Å². The first kappa shape index (κ1) is 106. The molecule has 0 heterocycles. The van der Waals surface area contributed by atoms with Crippen LogP contribution in [0.2, 0.25) is 5.02 Å². The van der Waals surface area contributed by atoms with Crippen LogP contribution in [0.3, 0.4) is 0 Å². The van der Waals surface area contributed by atoms with Crippen LogP contribution in [0.15, 0.2) is 255 Å². The normalized spacial score (nSPS) is 9.32. The largest absolute Gasteiger partial charge is 0.457 e. The lowest BCUT2D eigenvalue weighted by atomic mass is 9.99. The van der Waals surface area contributed by atoms with Gasteiger partial charge in [-0.2, -0.15) is 13.2 Å². The molecule has 0 spiro atoms. The van der Waals surface area contributed by atoms with Crippen molar-refractivity contribution in [1.29, 1.82) is 0 Å². The Bertz CT molecular complexity index is 3560. The van der Waals surface area contributed by atoms with Gasteiger partial charge in [-0.15, -0.1) is 0 Å². The summed E-state index contributed by atoms with van der Waals surface area (Å²) in [7, 11) is 0. The predicted molar refractivity (Wildman–Crippen MR) is 459 cm³/mol. The van der Waals surface area contributed by atoms with E-state index in [9.17, 15) is 17.6 Å². The summed E-state index contributed by atoms with van der Waals surface area (Å²) in [6, 6.07) is 78.4. The van der Waals surface area contributed by atoms with E-state index >= 15 is 0 Å². The minimum Gasteiger partial charge on any atom is -0.457 e. The standard InChI is InChI=1S/C16H15F3O.C15H15ClO.C15H15FO.2C15H16O.10C2H6/c1-11(2)14-10-12(16(17,18)19)8-9-15(14)20-13-6-4-3-5-7-13;1-11(2)14-9-8-12(16)10-15(14)17-13-6-4-3-5-7-13;1-11(2)14-10-12(16)8-9-15(14)17-13-6-4-3-5-7-13;1-12(2)13-7-6-10-15(11-13)16-14-8-4-3-5-9-14;1-12(2)14-10-6-7-11-15(14)16-13-8-4-3-5-9-13;10*1-2/h3-11H,1-2H3;2*3-11H,1-2H3;2*3-12H,1-2H3;10*1-2H3. The van der Waals surface area contributed by atoms with Crippen molar-refractivity contribution in [3.05, 3.63) is 299 Å². The van der Waals surface area contributed by atoms with Crippen molar-refractivity contribution in [2.45, 2.75) is 243 Å². The highest BCUT2D eigenvalue weighted by molar-refractivity contribution is 6.30. The minimum absolute atomic E-state index is 0.0592. The highest BCUT2D eigenvalue weighted by Crippen LogP contribution is 2.38. The molecule has 5 nitrogen and oxygen atoms in total. The van der Waals surface area contributed by atoms with E-state index in [1.165, 1.54) is 34.9 Å². The maximum absolute atomic E-state index is 13.2. The quantitative estimate of drug-likeness (QED) is 0.0957. The van der Waals surface area contributed by atoms with Gasteiger partial charge in [0.2, 0.25) is 0 Å². The van der Waals surface area contributed by atoms with Gasteiger partial charge in [-0.3, -0.25) is 0 Å². The zero-order valence-electron chi connectivity index (χ0n) is 70.6. The first-order chi connectivity index (χ1) is 51.2. The van der Waals surface area contributed by atoms with Gasteiger partial charge in [0.05, 0.1) is 5.56 Å². The lowest BCUT2D eigenvalue weighted by Crippen LogP contribution is -2.06. The first-order valence-electron chi connectivity index (χ1n) is 38.9. The van der Waals surface area contributed by atoms with Crippen LogP contribution in [-0.4, -0.2) is 0 Å². The Balaban J connectivity index is -0.000000378. The first-order valence-corrected chi connectivity index (χ1v) is 39.2. The number of alkyl halides is 3. The van der Waals surface area contributed by atoms with E-state index in [2.05, 4.69) is 59.7 Å². The van der Waals surface area contributed by atoms with Crippen LogP contribution in [0, 0.1) is 5.82 Å². The third-order valence-electron chi connectivity index (χ3n) is 13.1. The van der Waals surface area contributed by atoms with Gasteiger partial charge in [0.25, 0.3) is 0 Å². The van der Waals surface area contributed by atoms with Crippen molar-refractivity contribution in [1.82, 2.24) is 0 Å². The van der Waals surface area contributed by atoms with Crippen LogP contribution in [0.4, 0.5) is 17.6 Å². The molecule has 0 atom stereocenters. The van der Waals surface area contributed by atoms with Crippen LogP contribution in [0.25, 0.3) is 0 Å². The van der Waals surface area contributed by atoms with Crippen molar-refractivity contribution >= 4 is 11.6 Å². The molecule has 0 radical (unpaired) electrons. The van der Waals surface area contributed by atoms with Gasteiger partial charge in [0.1, 0.15) is 63.3 Å². The number of para-hydroxylation sites is 6. The van der Waals surface area contributed by atoms with Gasteiger partial charge >= 0.3 is 6.18 Å². The number of rotatable bonds is 15. The van der Waals surface area contributed by atoms with Crippen LogP contribution in [0.1, 0.15) is 271 Å². The molecule has 0 saturated heterocycles. The fourth-order valence-corrected chi connectivity index (χ4v) is 8.64. The molecule has 586 valence electrons. The molecule has 0 amide bonds. The van der Waals surface area contributed by atoms with Gasteiger partial charge in [-0.1, -0.05) is 347 Å². The van der Waals surface area contributed by atoms with E-state index in [-0.39, 0.29) is 17.7 Å². The second kappa shape index (κ2) is 68.0. The Hall–Kier alpha value is -8.79. The third-order valence-corrected chi connectivity index (χ3v) is 13.3. The number of benzene rings is 10. The molecular formula is C96H137ClF4O5. The molecule has 10 heteroatoms. The van der Waals surface area contributed by atoms with Crippen LogP contribution in [-0.2, 0) is 6.18 Å². The number of hydrogen-bond acceptors (Lipinski definition) is 5. The fourth-order valence-electron chi connectivity index (χ4n) is 8.48. The summed E-state index contributed by atoms with van der Waals surface area (Å²) in [5, 5.41) is 0.695. The molecule has 0 aliphatic carbocycles. The molecule has 0 N–H and O–H groups in total. The topological polar surface area (TPSA) is 46.2 Å². The average molecular weight is 1480 g/mol. The molecule has 10 rings (SSSR count). The molecule has 0 saturated carbocycles. The molecule has 0 aromatic heterocycles. The molecular weight excluding hydrogens is 1340 g/mol. The molecule has 0 aliphatic rings. The van der Waals surface area contributed by atoms with E-state index in [0.29, 0.717) is 45.6 Å². The second-order valence-corrected chi connectivity index (χ2v) is 22.0. The van der Waals surface area contributed by atoms with Crippen molar-refractivity contribution < 1.29 is 41.2 Å². The Morgan fingerprint density at radius 3 is 0.887 bits per heavy atom. The Kier molecular flexibility index (Phi) is 67.9. The summed E-state index contributed by atoms with van der Waals surface area (Å²) in [6.07, 6.45) is -4.34. The summed E-state index contributed by atoms with van der Waals surface area (Å²) < 4.78 is 80.4. The predicted octanol–water partition coefficient (Wildman–Crippen LogP) is 35.1. The Labute approximate surface area is 649 Å². The molecule has 0 fully saturated rings. The van der Waals surface area contributed by atoms with E-state index in [0.717, 1.165) is 57.9 Å². The number of ether oxygens (including phenoxy) is 5. The maximum Gasteiger partial charge on any atom is 0.416 e. The van der Waals surface area contributed by atoms with Crippen molar-refractivity contribution in [2.75, 3.05) is 0 Å². The molecule has 10 aromatic carbocycles. The number of hydrogen-bond donors (Lipinski definition) is 0. The molecule has 106 heavy (non-hydrogen) atoms. The Morgan fingerprint density at radius 1 is 0.245 bits per heavy atom. The lowest BCUT2D eigenvalue weighted by Gasteiger charge is -2.16. The van der Waals surface area contributed by atoms with Gasteiger partial charge in [-0.25, -0.2) is 4.39 Å². The fraction of sp³-hybridized carbons (Fsp3) is 0.375. The van der Waals surface area contributed by atoms with Gasteiger partial charge in [0, 0.05) is 10.6 Å². The summed E-state index contributed by atoms with van der Waals surface area (Å²) in [6.45, 7) is 60.7. The van der Waals surface area contributed by atoms with E-state index < -0.39 is 11.7 Å². The third kappa shape index (κ3) is 44.9.